The topological polar surface area (TPSA) is 77.1 Å². The first-order valence-electron chi connectivity index (χ1n) is 12.0. The molecule has 0 aliphatic carbocycles. The Morgan fingerprint density at radius 1 is 1.09 bits per heavy atom. The van der Waals surface area contributed by atoms with Gasteiger partial charge in [0.15, 0.2) is 5.82 Å². The molecular weight excluding hydrogens is 416 g/mol. The number of fused-ring (bicyclic) bond motifs is 3. The van der Waals surface area contributed by atoms with Crippen molar-refractivity contribution >= 4 is 12.0 Å². The molecule has 2 fully saturated rings. The molecule has 6 heterocycles. The Labute approximate surface area is 193 Å². The van der Waals surface area contributed by atoms with Gasteiger partial charge in [-0.2, -0.15) is 5.10 Å². The van der Waals surface area contributed by atoms with E-state index in [1.165, 1.54) is 38.8 Å². The molecule has 33 heavy (non-hydrogen) atoms. The van der Waals surface area contributed by atoms with Gasteiger partial charge in [-0.1, -0.05) is 0 Å². The smallest absolute Gasteiger partial charge is 0.178 e. The summed E-state index contributed by atoms with van der Waals surface area (Å²) in [7, 11) is 0. The highest BCUT2D eigenvalue weighted by Crippen LogP contribution is 2.37. The zero-order valence-electron chi connectivity index (χ0n) is 19.3. The summed E-state index contributed by atoms with van der Waals surface area (Å²) < 4.78 is 9.85. The molecule has 0 spiro atoms. The molecule has 1 atom stereocenters. The molecule has 9 heteroatoms. The third-order valence-corrected chi connectivity index (χ3v) is 6.87. The fourth-order valence-electron chi connectivity index (χ4n) is 5.23. The van der Waals surface area contributed by atoms with Crippen LogP contribution >= 0.6 is 0 Å². The molecule has 0 radical (unpaired) electrons. The third-order valence-electron chi connectivity index (χ3n) is 6.87. The first-order chi connectivity index (χ1) is 16.2. The number of hydrogen-bond acceptors (Lipinski definition) is 7. The number of imidazole rings is 1. The Bertz CT molecular complexity index is 1170. The molecule has 0 N–H and O–H groups in total. The minimum Gasteiger partial charge on any atom is -0.462 e. The van der Waals surface area contributed by atoms with Crippen molar-refractivity contribution in [2.45, 2.75) is 51.6 Å². The van der Waals surface area contributed by atoms with E-state index in [9.17, 15) is 0 Å². The lowest BCUT2D eigenvalue weighted by atomic mass is 10.2. The van der Waals surface area contributed by atoms with Gasteiger partial charge in [-0.05, 0) is 52.6 Å². The van der Waals surface area contributed by atoms with Crippen LogP contribution in [0, 0.1) is 0 Å². The predicted molar refractivity (Wildman–Crippen MR) is 127 cm³/mol. The number of nitrogens with zero attached hydrogens (tertiary/aromatic N) is 8. The first kappa shape index (κ1) is 20.4. The highest BCUT2D eigenvalue weighted by molar-refractivity contribution is 5.72. The number of aromatic nitrogens is 6. The summed E-state index contributed by atoms with van der Waals surface area (Å²) in [5.74, 6) is 3.32. The normalized spacial score (nSPS) is 20.2. The van der Waals surface area contributed by atoms with Crippen LogP contribution in [0.15, 0.2) is 31.0 Å². The van der Waals surface area contributed by atoms with E-state index in [0.29, 0.717) is 6.04 Å². The van der Waals surface area contributed by atoms with Gasteiger partial charge in [0.25, 0.3) is 0 Å². The fraction of sp³-hybridized carbons (Fsp3) is 0.500. The van der Waals surface area contributed by atoms with Crippen LogP contribution in [0.2, 0.25) is 0 Å². The summed E-state index contributed by atoms with van der Waals surface area (Å²) >= 11 is 0. The van der Waals surface area contributed by atoms with Crippen molar-refractivity contribution in [2.24, 2.45) is 0 Å². The van der Waals surface area contributed by atoms with Crippen molar-refractivity contribution in [3.8, 4) is 28.7 Å². The second kappa shape index (κ2) is 8.30. The maximum atomic E-state index is 6.00. The van der Waals surface area contributed by atoms with Crippen LogP contribution in [0.5, 0.6) is 5.75 Å². The summed E-state index contributed by atoms with van der Waals surface area (Å²) in [6, 6.07) is 2.79. The molecule has 172 valence electrons. The summed E-state index contributed by atoms with van der Waals surface area (Å²) in [6.07, 6.45) is 14.1. The van der Waals surface area contributed by atoms with Gasteiger partial charge in [-0.25, -0.2) is 19.6 Å². The SMILES string of the molecule is CC(C)n1ncnc1-c1cn2c(n1)-c1cnc(N3CCCC3CN3CCCC3)cc1OC=C2. The first-order valence-corrected chi connectivity index (χ1v) is 12.0. The lowest BCUT2D eigenvalue weighted by molar-refractivity contribution is 0.313. The summed E-state index contributed by atoms with van der Waals surface area (Å²) in [5.41, 5.74) is 1.66. The Kier molecular flexibility index (Phi) is 5.13. The second-order valence-corrected chi connectivity index (χ2v) is 9.42. The lowest BCUT2D eigenvalue weighted by Gasteiger charge is -2.29. The molecule has 3 aliphatic rings. The Hall–Kier alpha value is -3.20. The Morgan fingerprint density at radius 3 is 2.82 bits per heavy atom. The van der Waals surface area contributed by atoms with Gasteiger partial charge in [0, 0.05) is 49.8 Å². The molecular formula is C24H30N8O. The molecule has 2 saturated heterocycles. The molecule has 0 saturated carbocycles. The monoisotopic (exact) mass is 446 g/mol. The summed E-state index contributed by atoms with van der Waals surface area (Å²) in [6.45, 7) is 8.80. The minimum atomic E-state index is 0.202. The largest absolute Gasteiger partial charge is 0.462 e. The average molecular weight is 447 g/mol. The van der Waals surface area contributed by atoms with Crippen LogP contribution < -0.4 is 9.64 Å². The van der Waals surface area contributed by atoms with Crippen LogP contribution in [0.4, 0.5) is 5.82 Å². The van der Waals surface area contributed by atoms with Crippen molar-refractivity contribution in [3.05, 3.63) is 31.0 Å². The Morgan fingerprint density at radius 2 is 1.97 bits per heavy atom. The van der Waals surface area contributed by atoms with E-state index in [2.05, 4.69) is 39.8 Å². The van der Waals surface area contributed by atoms with Crippen molar-refractivity contribution in [2.75, 3.05) is 31.1 Å². The average Bonchev–Trinajstić information content (AvgIpc) is 3.60. The molecule has 1 unspecified atom stereocenters. The maximum Gasteiger partial charge on any atom is 0.178 e. The predicted octanol–water partition coefficient (Wildman–Crippen LogP) is 3.67. The number of hydrogen-bond donors (Lipinski definition) is 0. The number of ether oxygens (including phenoxy) is 1. The van der Waals surface area contributed by atoms with Gasteiger partial charge in [0.2, 0.25) is 0 Å². The van der Waals surface area contributed by atoms with E-state index in [-0.39, 0.29) is 6.04 Å². The van der Waals surface area contributed by atoms with Crippen molar-refractivity contribution < 1.29 is 4.74 Å². The molecule has 3 aromatic heterocycles. The van der Waals surface area contributed by atoms with Crippen LogP contribution in [-0.4, -0.2) is 66.4 Å². The molecule has 6 rings (SSSR count). The van der Waals surface area contributed by atoms with E-state index in [1.807, 2.05) is 27.8 Å². The summed E-state index contributed by atoms with van der Waals surface area (Å²) in [4.78, 5) is 19.3. The van der Waals surface area contributed by atoms with E-state index < -0.39 is 0 Å². The molecule has 0 bridgehead atoms. The van der Waals surface area contributed by atoms with Gasteiger partial charge in [-0.15, -0.1) is 0 Å². The highest BCUT2D eigenvalue weighted by atomic mass is 16.5. The zero-order chi connectivity index (χ0) is 22.4. The summed E-state index contributed by atoms with van der Waals surface area (Å²) in [5, 5.41) is 4.35. The zero-order valence-corrected chi connectivity index (χ0v) is 19.3. The minimum absolute atomic E-state index is 0.202. The van der Waals surface area contributed by atoms with Gasteiger partial charge < -0.3 is 19.1 Å². The standard InChI is InChI=1S/C24H30N8O/c1-17(2)32-24(26-16-27-32)20-15-30-10-11-33-21-12-22(25-13-19(21)23(30)28-20)31-9-5-6-18(31)14-29-7-3-4-8-29/h10-13,15-18H,3-9,14H2,1-2H3. The molecule has 0 amide bonds. The molecule has 9 nitrogen and oxygen atoms in total. The number of anilines is 1. The Balaban J connectivity index is 1.31. The van der Waals surface area contributed by atoms with Crippen LogP contribution in [0.1, 0.15) is 45.6 Å². The quantitative estimate of drug-likeness (QED) is 0.592. The molecule has 3 aromatic rings. The molecule has 3 aliphatic heterocycles. The number of rotatable bonds is 5. The lowest BCUT2D eigenvalue weighted by Crippen LogP contribution is -2.39. The second-order valence-electron chi connectivity index (χ2n) is 9.42. The molecule has 0 aromatic carbocycles. The van der Waals surface area contributed by atoms with Crippen molar-refractivity contribution in [1.82, 2.24) is 34.2 Å². The van der Waals surface area contributed by atoms with Crippen LogP contribution in [-0.2, 0) is 0 Å². The third kappa shape index (κ3) is 3.70. The fourth-order valence-corrected chi connectivity index (χ4v) is 5.23. The van der Waals surface area contributed by atoms with Crippen molar-refractivity contribution in [3.63, 3.8) is 0 Å². The van der Waals surface area contributed by atoms with E-state index in [1.54, 1.807) is 12.6 Å². The van der Waals surface area contributed by atoms with Gasteiger partial charge >= 0.3 is 0 Å². The van der Waals surface area contributed by atoms with Crippen LogP contribution in [0.3, 0.4) is 0 Å². The van der Waals surface area contributed by atoms with Crippen molar-refractivity contribution in [1.29, 1.82) is 0 Å². The van der Waals surface area contributed by atoms with Gasteiger partial charge in [0.1, 0.15) is 35.7 Å². The van der Waals surface area contributed by atoms with Gasteiger partial charge in [0.05, 0.1) is 5.56 Å². The van der Waals surface area contributed by atoms with E-state index in [0.717, 1.165) is 47.6 Å². The van der Waals surface area contributed by atoms with E-state index >= 15 is 0 Å². The maximum absolute atomic E-state index is 6.00. The van der Waals surface area contributed by atoms with Crippen LogP contribution in [0.25, 0.3) is 29.1 Å². The highest BCUT2D eigenvalue weighted by Gasteiger charge is 2.30. The number of likely N-dealkylation sites (tertiary alicyclic amines) is 1. The van der Waals surface area contributed by atoms with E-state index in [4.69, 9.17) is 14.7 Å². The van der Waals surface area contributed by atoms with Gasteiger partial charge in [-0.3, -0.25) is 0 Å². The number of pyridine rings is 1.